The van der Waals surface area contributed by atoms with Crippen molar-refractivity contribution in [3.05, 3.63) is 70.4 Å². The molecule has 0 aliphatic carbocycles. The topological polar surface area (TPSA) is 55.1 Å². The molecule has 1 amide bonds. The number of carbonyl (C=O) groups excluding carboxylic acids is 1. The van der Waals surface area contributed by atoms with Gasteiger partial charge in [0.15, 0.2) is 5.58 Å². The van der Waals surface area contributed by atoms with Crippen LogP contribution in [-0.2, 0) is 5.67 Å². The Morgan fingerprint density at radius 2 is 1.64 bits per heavy atom. The van der Waals surface area contributed by atoms with Gasteiger partial charge in [-0.05, 0) is 41.8 Å². The first-order valence-corrected chi connectivity index (χ1v) is 9.97. The molecule has 12 heteroatoms. The molecular formula is C21H11F7N2O2S. The van der Waals surface area contributed by atoms with Crippen molar-refractivity contribution in [2.24, 2.45) is 0 Å². The van der Waals surface area contributed by atoms with Gasteiger partial charge in [-0.25, -0.2) is 9.37 Å². The van der Waals surface area contributed by atoms with Crippen LogP contribution in [0.3, 0.4) is 0 Å². The number of halogens is 7. The Bertz CT molecular complexity index is 1300. The third-order valence-electron chi connectivity index (χ3n) is 4.68. The Labute approximate surface area is 184 Å². The summed E-state index contributed by atoms with van der Waals surface area (Å²) in [5.41, 5.74) is -7.15. The highest BCUT2D eigenvalue weighted by Crippen LogP contribution is 2.53. The van der Waals surface area contributed by atoms with Crippen LogP contribution in [0.25, 0.3) is 22.6 Å². The first-order chi connectivity index (χ1) is 15.4. The molecule has 4 nitrogen and oxygen atoms in total. The summed E-state index contributed by atoms with van der Waals surface area (Å²) in [6.45, 7) is 0. The van der Waals surface area contributed by atoms with E-state index < -0.39 is 29.2 Å². The molecule has 0 atom stereocenters. The second kappa shape index (κ2) is 7.87. The van der Waals surface area contributed by atoms with E-state index in [-0.39, 0.29) is 22.9 Å². The zero-order valence-corrected chi connectivity index (χ0v) is 16.9. The summed E-state index contributed by atoms with van der Waals surface area (Å²) in [5, 5.41) is 4.38. The number of oxazole rings is 1. The summed E-state index contributed by atoms with van der Waals surface area (Å²) in [6, 6.07) is 10.9. The molecule has 2 aromatic heterocycles. The van der Waals surface area contributed by atoms with Gasteiger partial charge in [-0.3, -0.25) is 4.79 Å². The van der Waals surface area contributed by atoms with E-state index in [1.165, 1.54) is 23.5 Å². The summed E-state index contributed by atoms with van der Waals surface area (Å²) in [6.07, 6.45) is -12.5. The van der Waals surface area contributed by atoms with Crippen molar-refractivity contribution in [1.82, 2.24) is 4.98 Å². The monoisotopic (exact) mass is 488 g/mol. The number of aromatic nitrogens is 1. The number of nitrogens with zero attached hydrogens (tertiary/aromatic N) is 1. The van der Waals surface area contributed by atoms with Gasteiger partial charge in [-0.1, -0.05) is 18.2 Å². The lowest BCUT2D eigenvalue weighted by atomic mass is 9.94. The molecule has 0 fully saturated rings. The molecule has 0 unspecified atom stereocenters. The number of alkyl halides is 7. The number of benzene rings is 2. The fourth-order valence-corrected chi connectivity index (χ4v) is 3.70. The second-order valence-corrected chi connectivity index (χ2v) is 7.82. The molecule has 2 aromatic carbocycles. The summed E-state index contributed by atoms with van der Waals surface area (Å²) < 4.78 is 97.9. The van der Waals surface area contributed by atoms with Crippen molar-refractivity contribution in [3.8, 4) is 11.5 Å². The molecule has 1 N–H and O–H groups in total. The smallest absolute Gasteiger partial charge is 0.435 e. The Kier molecular flexibility index (Phi) is 5.43. The number of carbonyl (C=O) groups is 1. The quantitative estimate of drug-likeness (QED) is 0.312. The summed E-state index contributed by atoms with van der Waals surface area (Å²) in [4.78, 5) is 16.7. The largest absolute Gasteiger partial charge is 0.436 e. The van der Waals surface area contributed by atoms with Gasteiger partial charge in [0, 0.05) is 16.8 Å². The van der Waals surface area contributed by atoms with Crippen LogP contribution in [0.1, 0.15) is 15.2 Å². The normalized spacial score (nSPS) is 12.8. The van der Waals surface area contributed by atoms with Crippen molar-refractivity contribution in [3.63, 3.8) is 0 Å². The number of thiophene rings is 1. The zero-order valence-electron chi connectivity index (χ0n) is 16.1. The number of nitrogens with one attached hydrogen (secondary N) is 1. The van der Waals surface area contributed by atoms with Gasteiger partial charge in [0.1, 0.15) is 5.52 Å². The van der Waals surface area contributed by atoms with Crippen molar-refractivity contribution < 1.29 is 39.9 Å². The second-order valence-electron chi connectivity index (χ2n) is 6.87. The van der Waals surface area contributed by atoms with Gasteiger partial charge in [0.2, 0.25) is 5.89 Å². The van der Waals surface area contributed by atoms with Crippen LogP contribution in [0, 0.1) is 0 Å². The molecule has 0 aliphatic rings. The third-order valence-corrected chi connectivity index (χ3v) is 5.55. The SMILES string of the molecule is O=C(Nc1cccc(-c2nc3ccc(C(F)(C(F)(F)F)C(F)(F)F)cc3o2)c1)c1cccs1. The number of rotatable bonds is 4. The average molecular weight is 488 g/mol. The Balaban J connectivity index is 1.69. The molecule has 0 saturated carbocycles. The van der Waals surface area contributed by atoms with E-state index in [1.54, 1.807) is 29.6 Å². The minimum atomic E-state index is -6.24. The predicted molar refractivity (Wildman–Crippen MR) is 107 cm³/mol. The summed E-state index contributed by atoms with van der Waals surface area (Å²) in [5.74, 6) is -0.513. The van der Waals surface area contributed by atoms with Crippen LogP contribution in [0.4, 0.5) is 36.4 Å². The first-order valence-electron chi connectivity index (χ1n) is 9.09. The van der Waals surface area contributed by atoms with E-state index in [0.29, 0.717) is 22.7 Å². The molecule has 0 aliphatic heterocycles. The number of fused-ring (bicyclic) bond motifs is 1. The molecule has 0 spiro atoms. The number of anilines is 1. The van der Waals surface area contributed by atoms with Crippen LogP contribution >= 0.6 is 11.3 Å². The Morgan fingerprint density at radius 3 is 2.27 bits per heavy atom. The highest BCUT2D eigenvalue weighted by atomic mass is 32.1. The standard InChI is InChI=1S/C21H11F7N2O2S/c22-19(20(23,24)25,21(26,27)28)12-6-7-14-15(10-12)32-18(30-14)11-3-1-4-13(9-11)29-17(31)16-5-2-8-33-16/h1-10H,(H,29,31). The zero-order chi connectivity index (χ0) is 24.0. The van der Waals surface area contributed by atoms with Gasteiger partial charge in [-0.15, -0.1) is 11.3 Å². The highest BCUT2D eigenvalue weighted by Gasteiger charge is 2.73. The third kappa shape index (κ3) is 4.06. The van der Waals surface area contributed by atoms with Crippen molar-refractivity contribution in [1.29, 1.82) is 0 Å². The number of hydrogen-bond donors (Lipinski definition) is 1. The lowest BCUT2D eigenvalue weighted by Gasteiger charge is -2.30. The maximum atomic E-state index is 14.3. The van der Waals surface area contributed by atoms with E-state index in [9.17, 15) is 35.5 Å². The van der Waals surface area contributed by atoms with Crippen LogP contribution < -0.4 is 5.32 Å². The Hall–Kier alpha value is -3.41. The molecule has 0 bridgehead atoms. The Morgan fingerprint density at radius 1 is 0.909 bits per heavy atom. The summed E-state index contributed by atoms with van der Waals surface area (Å²) >= 11 is 1.23. The maximum absolute atomic E-state index is 14.3. The number of hydrogen-bond acceptors (Lipinski definition) is 4. The lowest BCUT2D eigenvalue weighted by Crippen LogP contribution is -2.50. The first kappa shape index (κ1) is 22.8. The highest BCUT2D eigenvalue weighted by molar-refractivity contribution is 7.12. The predicted octanol–water partition coefficient (Wildman–Crippen LogP) is 7.10. The molecule has 33 heavy (non-hydrogen) atoms. The molecule has 4 rings (SSSR count). The molecule has 0 radical (unpaired) electrons. The minimum Gasteiger partial charge on any atom is -0.436 e. The molecule has 0 saturated heterocycles. The summed E-state index contributed by atoms with van der Waals surface area (Å²) in [7, 11) is 0. The van der Waals surface area contributed by atoms with Crippen molar-refractivity contribution in [2.45, 2.75) is 18.0 Å². The van der Waals surface area contributed by atoms with Gasteiger partial charge in [0.05, 0.1) is 4.88 Å². The molecular weight excluding hydrogens is 477 g/mol. The van der Waals surface area contributed by atoms with Crippen LogP contribution in [0.15, 0.2) is 64.4 Å². The van der Waals surface area contributed by atoms with E-state index in [2.05, 4.69) is 10.3 Å². The molecule has 2 heterocycles. The van der Waals surface area contributed by atoms with Gasteiger partial charge >= 0.3 is 18.0 Å². The maximum Gasteiger partial charge on any atom is 0.435 e. The van der Waals surface area contributed by atoms with E-state index in [0.717, 1.165) is 6.07 Å². The average Bonchev–Trinajstić information content (AvgIpc) is 3.41. The fraction of sp³-hybridized carbons (Fsp3) is 0.143. The van der Waals surface area contributed by atoms with E-state index >= 15 is 0 Å². The van der Waals surface area contributed by atoms with Crippen LogP contribution in [0.5, 0.6) is 0 Å². The molecule has 172 valence electrons. The van der Waals surface area contributed by atoms with Gasteiger partial charge in [0.25, 0.3) is 5.91 Å². The van der Waals surface area contributed by atoms with E-state index in [4.69, 9.17) is 4.42 Å². The fourth-order valence-electron chi connectivity index (χ4n) is 3.08. The van der Waals surface area contributed by atoms with E-state index in [1.807, 2.05) is 0 Å². The van der Waals surface area contributed by atoms with Gasteiger partial charge in [-0.2, -0.15) is 26.3 Å². The lowest BCUT2D eigenvalue weighted by molar-refractivity contribution is -0.348. The van der Waals surface area contributed by atoms with Crippen LogP contribution in [-0.4, -0.2) is 23.2 Å². The van der Waals surface area contributed by atoms with Crippen molar-refractivity contribution in [2.75, 3.05) is 5.32 Å². The van der Waals surface area contributed by atoms with Gasteiger partial charge < -0.3 is 9.73 Å². The van der Waals surface area contributed by atoms with Crippen LogP contribution in [0.2, 0.25) is 0 Å². The molecule has 4 aromatic rings. The minimum absolute atomic E-state index is 0.0755. The number of amides is 1. The van der Waals surface area contributed by atoms with Crippen molar-refractivity contribution >= 4 is 34.0 Å².